The smallest absolute Gasteiger partial charge is 0.312 e. The number of hydrogen-bond acceptors (Lipinski definition) is 2. The highest BCUT2D eigenvalue weighted by Crippen LogP contribution is 2.18. The molecule has 0 heterocycles. The predicted octanol–water partition coefficient (Wildman–Crippen LogP) is 3.77. The molecule has 0 aliphatic carbocycles. The Morgan fingerprint density at radius 3 is 2.32 bits per heavy atom. The number of carbonyl (C=O) groups excluding carboxylic acids is 2. The molecule has 4 N–H and O–H groups in total. The van der Waals surface area contributed by atoms with Crippen molar-refractivity contribution in [3.8, 4) is 0 Å². The fourth-order valence-electron chi connectivity index (χ4n) is 2.64. The SMILES string of the molecule is CCCCc1ccc(NC(=O)C[C@@H](NC(N)=O)c2ccccc2)cc1. The molecular weight excluding hydrogens is 314 g/mol. The first-order valence-electron chi connectivity index (χ1n) is 8.58. The highest BCUT2D eigenvalue weighted by atomic mass is 16.2. The molecule has 2 rings (SSSR count). The molecule has 2 aromatic carbocycles. The van der Waals surface area contributed by atoms with Crippen molar-refractivity contribution in [3.05, 3.63) is 65.7 Å². The summed E-state index contributed by atoms with van der Waals surface area (Å²) in [5.74, 6) is -0.177. The molecule has 0 bridgehead atoms. The van der Waals surface area contributed by atoms with E-state index in [0.29, 0.717) is 0 Å². The zero-order chi connectivity index (χ0) is 18.1. The second kappa shape index (κ2) is 9.47. The number of hydrogen-bond donors (Lipinski definition) is 3. The van der Waals surface area contributed by atoms with Crippen molar-refractivity contribution in [3.63, 3.8) is 0 Å². The normalized spacial score (nSPS) is 11.6. The van der Waals surface area contributed by atoms with Gasteiger partial charge in [-0.25, -0.2) is 4.79 Å². The van der Waals surface area contributed by atoms with Gasteiger partial charge in [0.1, 0.15) is 0 Å². The molecule has 132 valence electrons. The van der Waals surface area contributed by atoms with Crippen molar-refractivity contribution >= 4 is 17.6 Å². The van der Waals surface area contributed by atoms with E-state index in [1.165, 1.54) is 5.56 Å². The van der Waals surface area contributed by atoms with Gasteiger partial charge in [-0.2, -0.15) is 0 Å². The van der Waals surface area contributed by atoms with Crippen LogP contribution in [0, 0.1) is 0 Å². The number of unbranched alkanes of at least 4 members (excludes halogenated alkanes) is 1. The van der Waals surface area contributed by atoms with Gasteiger partial charge in [-0.05, 0) is 36.1 Å². The van der Waals surface area contributed by atoms with Crippen LogP contribution in [0.15, 0.2) is 54.6 Å². The number of anilines is 1. The van der Waals surface area contributed by atoms with Gasteiger partial charge < -0.3 is 16.4 Å². The Bertz CT molecular complexity index is 684. The fourth-order valence-corrected chi connectivity index (χ4v) is 2.64. The van der Waals surface area contributed by atoms with Crippen LogP contribution in [0.2, 0.25) is 0 Å². The molecule has 0 saturated heterocycles. The van der Waals surface area contributed by atoms with Crippen LogP contribution in [0.3, 0.4) is 0 Å². The summed E-state index contributed by atoms with van der Waals surface area (Å²) < 4.78 is 0. The topological polar surface area (TPSA) is 84.2 Å². The second-order valence-corrected chi connectivity index (χ2v) is 6.02. The number of urea groups is 1. The molecule has 0 aliphatic rings. The van der Waals surface area contributed by atoms with E-state index in [4.69, 9.17) is 5.73 Å². The monoisotopic (exact) mass is 339 g/mol. The molecule has 0 unspecified atom stereocenters. The molecular formula is C20H25N3O2. The second-order valence-electron chi connectivity index (χ2n) is 6.02. The lowest BCUT2D eigenvalue weighted by atomic mass is 10.0. The maximum atomic E-state index is 12.3. The lowest BCUT2D eigenvalue weighted by molar-refractivity contribution is -0.116. The summed E-state index contributed by atoms with van der Waals surface area (Å²) in [4.78, 5) is 23.6. The molecule has 3 amide bonds. The average Bonchev–Trinajstić information content (AvgIpc) is 2.61. The van der Waals surface area contributed by atoms with Crippen molar-refractivity contribution in [1.82, 2.24) is 5.32 Å². The Morgan fingerprint density at radius 1 is 1.04 bits per heavy atom. The van der Waals surface area contributed by atoms with Crippen molar-refractivity contribution in [2.24, 2.45) is 5.73 Å². The number of carbonyl (C=O) groups is 2. The van der Waals surface area contributed by atoms with E-state index in [9.17, 15) is 9.59 Å². The summed E-state index contributed by atoms with van der Waals surface area (Å²) in [6.07, 6.45) is 3.48. The van der Waals surface area contributed by atoms with E-state index in [2.05, 4.69) is 17.6 Å². The first kappa shape index (κ1) is 18.5. The summed E-state index contributed by atoms with van der Waals surface area (Å²) in [6, 6.07) is 16.1. The fraction of sp³-hybridized carbons (Fsp3) is 0.300. The lowest BCUT2D eigenvalue weighted by Gasteiger charge is -2.17. The third kappa shape index (κ3) is 6.30. The largest absolute Gasteiger partial charge is 0.352 e. The van der Waals surface area contributed by atoms with E-state index in [0.717, 1.165) is 30.5 Å². The van der Waals surface area contributed by atoms with E-state index in [1.807, 2.05) is 54.6 Å². The highest BCUT2D eigenvalue weighted by Gasteiger charge is 2.17. The van der Waals surface area contributed by atoms with Gasteiger partial charge >= 0.3 is 6.03 Å². The van der Waals surface area contributed by atoms with Gasteiger partial charge in [0.15, 0.2) is 0 Å². The highest BCUT2D eigenvalue weighted by molar-refractivity contribution is 5.91. The van der Waals surface area contributed by atoms with Crippen molar-refractivity contribution < 1.29 is 9.59 Å². The van der Waals surface area contributed by atoms with Crippen molar-refractivity contribution in [1.29, 1.82) is 0 Å². The Labute approximate surface area is 148 Å². The first-order chi connectivity index (χ1) is 12.1. The zero-order valence-electron chi connectivity index (χ0n) is 14.5. The van der Waals surface area contributed by atoms with E-state index >= 15 is 0 Å². The van der Waals surface area contributed by atoms with Crippen LogP contribution < -0.4 is 16.4 Å². The van der Waals surface area contributed by atoms with Crippen LogP contribution in [-0.4, -0.2) is 11.9 Å². The predicted molar refractivity (Wildman–Crippen MR) is 100 cm³/mol. The number of primary amides is 1. The molecule has 2 aromatic rings. The summed E-state index contributed by atoms with van der Waals surface area (Å²) in [7, 11) is 0. The molecule has 1 atom stereocenters. The minimum absolute atomic E-state index is 0.116. The first-order valence-corrected chi connectivity index (χ1v) is 8.58. The third-order valence-corrected chi connectivity index (χ3v) is 3.96. The van der Waals surface area contributed by atoms with Gasteiger partial charge in [-0.15, -0.1) is 0 Å². The van der Waals surface area contributed by atoms with Crippen molar-refractivity contribution in [2.75, 3.05) is 5.32 Å². The number of aryl methyl sites for hydroxylation is 1. The molecule has 0 aliphatic heterocycles. The van der Waals surface area contributed by atoms with E-state index < -0.39 is 12.1 Å². The molecule has 25 heavy (non-hydrogen) atoms. The molecule has 0 aromatic heterocycles. The van der Waals surface area contributed by atoms with Gasteiger partial charge in [0.2, 0.25) is 5.91 Å². The number of nitrogens with two attached hydrogens (primary N) is 1. The molecule has 0 saturated carbocycles. The maximum Gasteiger partial charge on any atom is 0.312 e. The van der Waals surface area contributed by atoms with E-state index in [1.54, 1.807) is 0 Å². The summed E-state index contributed by atoms with van der Waals surface area (Å²) in [5, 5.41) is 5.49. The van der Waals surface area contributed by atoms with Gasteiger partial charge in [0.25, 0.3) is 0 Å². The van der Waals surface area contributed by atoms with Crippen LogP contribution in [-0.2, 0) is 11.2 Å². The zero-order valence-corrected chi connectivity index (χ0v) is 14.5. The van der Waals surface area contributed by atoms with Crippen molar-refractivity contribution in [2.45, 2.75) is 38.6 Å². The maximum absolute atomic E-state index is 12.3. The van der Waals surface area contributed by atoms with Gasteiger partial charge in [0.05, 0.1) is 12.5 Å². The molecule has 0 spiro atoms. The standard InChI is InChI=1S/C20H25N3O2/c1-2-3-7-15-10-12-17(13-11-15)22-19(24)14-18(23-20(21)25)16-8-5-4-6-9-16/h4-6,8-13,18H,2-3,7,14H2,1H3,(H,22,24)(H3,21,23,25)/t18-/m1/s1. The number of amides is 3. The van der Waals surface area contributed by atoms with E-state index in [-0.39, 0.29) is 12.3 Å². The molecule has 5 heteroatoms. The van der Waals surface area contributed by atoms with Crippen LogP contribution in [0.1, 0.15) is 43.4 Å². The molecule has 5 nitrogen and oxygen atoms in total. The van der Waals surface area contributed by atoms with Gasteiger partial charge in [0, 0.05) is 5.69 Å². The molecule has 0 fully saturated rings. The average molecular weight is 339 g/mol. The Hall–Kier alpha value is -2.82. The quantitative estimate of drug-likeness (QED) is 0.684. The number of benzene rings is 2. The van der Waals surface area contributed by atoms with Crippen LogP contribution in [0.25, 0.3) is 0 Å². The lowest BCUT2D eigenvalue weighted by Crippen LogP contribution is -2.35. The van der Waals surface area contributed by atoms with Gasteiger partial charge in [-0.1, -0.05) is 55.8 Å². The Kier molecular flexibility index (Phi) is 7.01. The number of nitrogens with one attached hydrogen (secondary N) is 2. The Balaban J connectivity index is 1.97. The minimum Gasteiger partial charge on any atom is -0.352 e. The van der Waals surface area contributed by atoms with Crippen LogP contribution in [0.5, 0.6) is 0 Å². The summed E-state index contributed by atoms with van der Waals surface area (Å²) in [5.41, 5.74) is 8.08. The molecule has 0 radical (unpaired) electrons. The Morgan fingerprint density at radius 2 is 1.72 bits per heavy atom. The van der Waals surface area contributed by atoms with Crippen LogP contribution in [0.4, 0.5) is 10.5 Å². The minimum atomic E-state index is -0.651. The van der Waals surface area contributed by atoms with Crippen LogP contribution >= 0.6 is 0 Å². The summed E-state index contributed by atoms with van der Waals surface area (Å²) >= 11 is 0. The number of rotatable bonds is 8. The summed E-state index contributed by atoms with van der Waals surface area (Å²) in [6.45, 7) is 2.16. The third-order valence-electron chi connectivity index (χ3n) is 3.96. The van der Waals surface area contributed by atoms with Gasteiger partial charge in [-0.3, -0.25) is 4.79 Å².